The van der Waals surface area contributed by atoms with Crippen LogP contribution < -0.4 is 0 Å². The molecule has 0 amide bonds. The van der Waals surface area contributed by atoms with Gasteiger partial charge in [-0.25, -0.2) is 0 Å². The number of piperidine rings is 1. The molecule has 1 aromatic rings. The molecule has 2 saturated carbocycles. The second-order valence-corrected chi connectivity index (χ2v) is 6.59. The third-order valence-corrected chi connectivity index (χ3v) is 5.41. The summed E-state index contributed by atoms with van der Waals surface area (Å²) >= 11 is 0. The second-order valence-electron chi connectivity index (χ2n) is 6.59. The highest BCUT2D eigenvalue weighted by atomic mass is 16.3. The first-order chi connectivity index (χ1) is 9.35. The van der Waals surface area contributed by atoms with Crippen molar-refractivity contribution in [1.29, 1.82) is 0 Å². The monoisotopic (exact) mass is 261 g/mol. The van der Waals surface area contributed by atoms with E-state index >= 15 is 0 Å². The average molecular weight is 261 g/mol. The third-order valence-electron chi connectivity index (χ3n) is 5.41. The summed E-state index contributed by atoms with van der Waals surface area (Å²) in [4.78, 5) is 2.50. The molecular formula is C15H23N3O. The number of likely N-dealkylation sites (tertiary alicyclic amines) is 1. The lowest BCUT2D eigenvalue weighted by Crippen LogP contribution is -2.25. The Morgan fingerprint density at radius 3 is 2.63 bits per heavy atom. The first-order valence-corrected chi connectivity index (χ1v) is 7.72. The quantitative estimate of drug-likeness (QED) is 0.896. The zero-order valence-corrected chi connectivity index (χ0v) is 11.4. The normalized spacial score (nSPS) is 34.9. The van der Waals surface area contributed by atoms with E-state index in [2.05, 4.69) is 21.8 Å². The van der Waals surface area contributed by atoms with Crippen molar-refractivity contribution in [2.45, 2.75) is 38.3 Å². The number of hydrogen-bond donors (Lipinski definition) is 1. The molecule has 0 aromatic carbocycles. The minimum atomic E-state index is 0.388. The number of rotatable bonds is 4. The van der Waals surface area contributed by atoms with Gasteiger partial charge in [0, 0.05) is 32.4 Å². The molecule has 4 heteroatoms. The summed E-state index contributed by atoms with van der Waals surface area (Å²) in [5.74, 6) is 2.14. The fourth-order valence-corrected chi connectivity index (χ4v) is 4.20. The van der Waals surface area contributed by atoms with E-state index in [0.29, 0.717) is 18.6 Å². The Bertz CT molecular complexity index is 440. The third kappa shape index (κ3) is 2.11. The van der Waals surface area contributed by atoms with Crippen LogP contribution in [0.4, 0.5) is 0 Å². The van der Waals surface area contributed by atoms with Crippen molar-refractivity contribution < 1.29 is 5.11 Å². The predicted octanol–water partition coefficient (Wildman–Crippen LogP) is 1.67. The van der Waals surface area contributed by atoms with E-state index in [1.165, 1.54) is 31.4 Å². The van der Waals surface area contributed by atoms with Crippen molar-refractivity contribution in [2.24, 2.45) is 17.8 Å². The van der Waals surface area contributed by atoms with Crippen LogP contribution in [0, 0.1) is 17.8 Å². The Labute approximate surface area is 114 Å². The molecule has 104 valence electrons. The van der Waals surface area contributed by atoms with Crippen LogP contribution in [-0.4, -0.2) is 39.5 Å². The summed E-state index contributed by atoms with van der Waals surface area (Å²) in [6, 6.07) is 2.84. The van der Waals surface area contributed by atoms with Gasteiger partial charge in [-0.2, -0.15) is 5.10 Å². The first kappa shape index (κ1) is 11.9. The Morgan fingerprint density at radius 2 is 1.95 bits per heavy atom. The van der Waals surface area contributed by atoms with E-state index in [4.69, 9.17) is 5.10 Å². The Balaban J connectivity index is 1.34. The molecule has 0 bridgehead atoms. The van der Waals surface area contributed by atoms with Gasteiger partial charge >= 0.3 is 0 Å². The van der Waals surface area contributed by atoms with Gasteiger partial charge in [-0.15, -0.1) is 0 Å². The fourth-order valence-electron chi connectivity index (χ4n) is 4.20. The van der Waals surface area contributed by atoms with Gasteiger partial charge in [0.2, 0.25) is 0 Å². The Morgan fingerprint density at radius 1 is 1.21 bits per heavy atom. The van der Waals surface area contributed by atoms with Crippen molar-refractivity contribution in [3.05, 3.63) is 18.0 Å². The summed E-state index contributed by atoms with van der Waals surface area (Å²) in [5.41, 5.74) is 1.22. The molecular weight excluding hydrogens is 238 g/mol. The lowest BCUT2D eigenvalue weighted by atomic mass is 10.2. The van der Waals surface area contributed by atoms with Crippen molar-refractivity contribution in [1.82, 2.24) is 14.7 Å². The van der Waals surface area contributed by atoms with Gasteiger partial charge in [-0.3, -0.25) is 9.58 Å². The first-order valence-electron chi connectivity index (χ1n) is 7.72. The Kier molecular flexibility index (Phi) is 2.88. The molecule has 1 N–H and O–H groups in total. The summed E-state index contributed by atoms with van der Waals surface area (Å²) in [7, 11) is 0. The minimum absolute atomic E-state index is 0.388. The van der Waals surface area contributed by atoms with Crippen LogP contribution in [0.25, 0.3) is 0 Å². The molecule has 4 rings (SSSR count). The lowest BCUT2D eigenvalue weighted by molar-refractivity contribution is 0.216. The maximum atomic E-state index is 9.18. The second kappa shape index (κ2) is 4.60. The van der Waals surface area contributed by atoms with Crippen LogP contribution in [0.5, 0.6) is 0 Å². The molecule has 3 atom stereocenters. The van der Waals surface area contributed by atoms with Crippen molar-refractivity contribution in [3.63, 3.8) is 0 Å². The predicted molar refractivity (Wildman–Crippen MR) is 72.6 cm³/mol. The molecule has 1 aromatic heterocycles. The lowest BCUT2D eigenvalue weighted by Gasteiger charge is -2.17. The van der Waals surface area contributed by atoms with Crippen molar-refractivity contribution in [3.8, 4) is 0 Å². The molecule has 2 heterocycles. The average Bonchev–Trinajstić information content (AvgIpc) is 2.95. The number of aliphatic hydroxyl groups excluding tert-OH is 1. The van der Waals surface area contributed by atoms with Crippen LogP contribution >= 0.6 is 0 Å². The van der Waals surface area contributed by atoms with Gasteiger partial charge in [-0.05, 0) is 36.7 Å². The molecule has 1 aliphatic heterocycles. The van der Waals surface area contributed by atoms with E-state index < -0.39 is 0 Å². The fraction of sp³-hybridized carbons (Fsp3) is 0.800. The molecule has 19 heavy (non-hydrogen) atoms. The van der Waals surface area contributed by atoms with E-state index in [1.54, 1.807) is 0 Å². The van der Waals surface area contributed by atoms with Gasteiger partial charge in [0.15, 0.2) is 0 Å². The van der Waals surface area contributed by atoms with E-state index in [-0.39, 0.29) is 0 Å². The highest BCUT2D eigenvalue weighted by Crippen LogP contribution is 2.51. The summed E-state index contributed by atoms with van der Waals surface area (Å²) in [6.45, 7) is 3.70. The van der Waals surface area contributed by atoms with Crippen LogP contribution in [-0.2, 0) is 6.54 Å². The van der Waals surface area contributed by atoms with Crippen LogP contribution in [0.15, 0.2) is 12.3 Å². The minimum Gasteiger partial charge on any atom is -0.396 e. The highest BCUT2D eigenvalue weighted by molar-refractivity contribution is 5.07. The molecule has 4 nitrogen and oxygen atoms in total. The number of aliphatic hydroxyl groups is 1. The largest absolute Gasteiger partial charge is 0.396 e. The smallest absolute Gasteiger partial charge is 0.0764 e. The topological polar surface area (TPSA) is 41.3 Å². The van der Waals surface area contributed by atoms with Crippen LogP contribution in [0.2, 0.25) is 0 Å². The SMILES string of the molecule is OCC1[C@H]2CN(Cc3ccn(C4CCCC4)n3)C[C@@H]12. The van der Waals surface area contributed by atoms with Gasteiger partial charge in [0.25, 0.3) is 0 Å². The van der Waals surface area contributed by atoms with Gasteiger partial charge in [0.05, 0.1) is 11.7 Å². The maximum Gasteiger partial charge on any atom is 0.0764 e. The number of fused-ring (bicyclic) bond motifs is 1. The van der Waals surface area contributed by atoms with Crippen molar-refractivity contribution in [2.75, 3.05) is 19.7 Å². The maximum absolute atomic E-state index is 9.18. The summed E-state index contributed by atoms with van der Waals surface area (Å²) in [5, 5.41) is 13.9. The molecule has 0 spiro atoms. The highest BCUT2D eigenvalue weighted by Gasteiger charge is 2.54. The molecule has 3 fully saturated rings. The molecule has 1 saturated heterocycles. The molecule has 2 aliphatic carbocycles. The number of nitrogens with zero attached hydrogens (tertiary/aromatic N) is 3. The standard InChI is InChI=1S/C15H23N3O/c19-10-15-13-8-17(9-14(13)15)7-11-5-6-18(16-11)12-3-1-2-4-12/h5-6,12-15,19H,1-4,7-10H2/t13-,14+,15?. The van der Waals surface area contributed by atoms with Crippen molar-refractivity contribution >= 4 is 0 Å². The molecule has 0 radical (unpaired) electrons. The van der Waals surface area contributed by atoms with E-state index in [1.807, 2.05) is 0 Å². The van der Waals surface area contributed by atoms with Crippen LogP contribution in [0.3, 0.4) is 0 Å². The number of aromatic nitrogens is 2. The molecule has 3 aliphatic rings. The Hall–Kier alpha value is -0.870. The van der Waals surface area contributed by atoms with Gasteiger partial charge < -0.3 is 5.11 Å². The zero-order chi connectivity index (χ0) is 12.8. The number of hydrogen-bond acceptors (Lipinski definition) is 3. The van der Waals surface area contributed by atoms with Crippen LogP contribution in [0.1, 0.15) is 37.4 Å². The van der Waals surface area contributed by atoms with Gasteiger partial charge in [-0.1, -0.05) is 12.8 Å². The van der Waals surface area contributed by atoms with E-state index in [9.17, 15) is 5.11 Å². The summed E-state index contributed by atoms with van der Waals surface area (Å²) < 4.78 is 2.19. The molecule has 1 unspecified atom stereocenters. The zero-order valence-electron chi connectivity index (χ0n) is 11.4. The van der Waals surface area contributed by atoms with E-state index in [0.717, 1.165) is 31.5 Å². The van der Waals surface area contributed by atoms with Gasteiger partial charge in [0.1, 0.15) is 0 Å². The summed E-state index contributed by atoms with van der Waals surface area (Å²) in [6.07, 6.45) is 7.48.